The lowest BCUT2D eigenvalue weighted by Crippen LogP contribution is -2.35. The minimum Gasteiger partial charge on any atom is -0.354 e. The molecule has 0 saturated carbocycles. The minimum atomic E-state index is -3.17. The van der Waals surface area contributed by atoms with Crippen molar-refractivity contribution in [3.63, 3.8) is 0 Å². The van der Waals surface area contributed by atoms with Gasteiger partial charge in [0.05, 0.1) is 12.2 Å². The Morgan fingerprint density at radius 1 is 1.41 bits per heavy atom. The zero-order chi connectivity index (χ0) is 12.7. The number of hydrogen-bond donors (Lipinski definition) is 2. The van der Waals surface area contributed by atoms with Crippen LogP contribution in [-0.4, -0.2) is 33.2 Å². The molecule has 1 rings (SSSR count). The van der Waals surface area contributed by atoms with E-state index in [4.69, 9.17) is 0 Å². The van der Waals surface area contributed by atoms with Crippen LogP contribution in [0.25, 0.3) is 0 Å². The largest absolute Gasteiger partial charge is 0.354 e. The summed E-state index contributed by atoms with van der Waals surface area (Å²) in [6.45, 7) is 2.10. The van der Waals surface area contributed by atoms with Gasteiger partial charge in [0.1, 0.15) is 0 Å². The summed E-state index contributed by atoms with van der Waals surface area (Å²) in [5, 5.41) is 4.57. The molecule has 0 spiro atoms. The number of carbonyl (C=O) groups is 1. The van der Waals surface area contributed by atoms with E-state index in [0.717, 1.165) is 4.88 Å². The van der Waals surface area contributed by atoms with Crippen LogP contribution in [0, 0.1) is 0 Å². The van der Waals surface area contributed by atoms with Crippen LogP contribution in [0.15, 0.2) is 17.5 Å². The lowest BCUT2D eigenvalue weighted by atomic mass is 10.3. The molecule has 1 aromatic heterocycles. The van der Waals surface area contributed by atoms with Crippen molar-refractivity contribution < 1.29 is 13.2 Å². The number of sulfonamides is 1. The maximum absolute atomic E-state index is 11.4. The fourth-order valence-electron chi connectivity index (χ4n) is 1.14. The van der Waals surface area contributed by atoms with E-state index < -0.39 is 10.0 Å². The van der Waals surface area contributed by atoms with E-state index in [-0.39, 0.29) is 18.2 Å². The van der Waals surface area contributed by atoms with Crippen LogP contribution in [0.3, 0.4) is 0 Å². The van der Waals surface area contributed by atoms with Gasteiger partial charge in [0.25, 0.3) is 0 Å². The quantitative estimate of drug-likeness (QED) is 0.705. The van der Waals surface area contributed by atoms with Gasteiger partial charge in [0.2, 0.25) is 15.9 Å². The molecule has 0 atom stereocenters. The summed E-state index contributed by atoms with van der Waals surface area (Å²) in [6.07, 6.45) is 0.345. The molecule has 0 saturated heterocycles. The maximum Gasteiger partial charge on any atom is 0.225 e. The first kappa shape index (κ1) is 14.1. The molecular weight excluding hydrogens is 260 g/mol. The van der Waals surface area contributed by atoms with Gasteiger partial charge in [-0.15, -0.1) is 11.3 Å². The van der Waals surface area contributed by atoms with Crippen molar-refractivity contribution in [2.75, 3.05) is 18.8 Å². The molecule has 0 fully saturated rings. The third-order valence-electron chi connectivity index (χ3n) is 2.06. The second-order valence-corrected chi connectivity index (χ2v) is 6.53. The highest BCUT2D eigenvalue weighted by Crippen LogP contribution is 2.08. The predicted octanol–water partition coefficient (Wildman–Crippen LogP) is 0.346. The van der Waals surface area contributed by atoms with Gasteiger partial charge in [0, 0.05) is 18.0 Å². The topological polar surface area (TPSA) is 75.3 Å². The lowest BCUT2D eigenvalue weighted by molar-refractivity contribution is -0.120. The second-order valence-electron chi connectivity index (χ2n) is 3.40. The van der Waals surface area contributed by atoms with Crippen molar-refractivity contribution in [2.45, 2.75) is 13.3 Å². The van der Waals surface area contributed by atoms with E-state index in [2.05, 4.69) is 10.0 Å². The van der Waals surface area contributed by atoms with Crippen molar-refractivity contribution >= 4 is 27.3 Å². The van der Waals surface area contributed by atoms with Crippen molar-refractivity contribution in [3.05, 3.63) is 22.4 Å². The second kappa shape index (κ2) is 6.73. The zero-order valence-corrected chi connectivity index (χ0v) is 11.2. The SMILES string of the molecule is CCS(=O)(=O)NCCNC(=O)Cc1cccs1. The Morgan fingerprint density at radius 2 is 2.18 bits per heavy atom. The molecule has 1 heterocycles. The van der Waals surface area contributed by atoms with Crippen LogP contribution < -0.4 is 10.0 Å². The van der Waals surface area contributed by atoms with Crippen molar-refractivity contribution in [1.82, 2.24) is 10.0 Å². The van der Waals surface area contributed by atoms with Crippen molar-refractivity contribution in [3.8, 4) is 0 Å². The molecule has 2 N–H and O–H groups in total. The predicted molar refractivity (Wildman–Crippen MR) is 68.5 cm³/mol. The fourth-order valence-corrected chi connectivity index (χ4v) is 2.47. The molecule has 0 radical (unpaired) electrons. The molecule has 0 aliphatic carbocycles. The molecule has 96 valence electrons. The minimum absolute atomic E-state index is 0.0517. The number of nitrogens with one attached hydrogen (secondary N) is 2. The number of thiophene rings is 1. The number of carbonyl (C=O) groups excluding carboxylic acids is 1. The van der Waals surface area contributed by atoms with E-state index in [9.17, 15) is 13.2 Å². The van der Waals surface area contributed by atoms with E-state index in [1.54, 1.807) is 6.92 Å². The maximum atomic E-state index is 11.4. The van der Waals surface area contributed by atoms with Gasteiger partial charge in [-0.25, -0.2) is 13.1 Å². The van der Waals surface area contributed by atoms with Gasteiger partial charge in [-0.05, 0) is 18.4 Å². The lowest BCUT2D eigenvalue weighted by Gasteiger charge is -2.05. The average Bonchev–Trinajstić information content (AvgIpc) is 2.77. The monoisotopic (exact) mass is 276 g/mol. The van der Waals surface area contributed by atoms with Crippen LogP contribution in [-0.2, 0) is 21.2 Å². The molecule has 5 nitrogen and oxygen atoms in total. The molecule has 1 aromatic rings. The fraction of sp³-hybridized carbons (Fsp3) is 0.500. The first-order valence-electron chi connectivity index (χ1n) is 5.30. The standard InChI is InChI=1S/C10H16N2O3S2/c1-2-17(14,15)12-6-5-11-10(13)8-9-4-3-7-16-9/h3-4,7,12H,2,5-6,8H2,1H3,(H,11,13). The molecule has 17 heavy (non-hydrogen) atoms. The summed E-state index contributed by atoms with van der Waals surface area (Å²) < 4.78 is 24.5. The Kier molecular flexibility index (Phi) is 5.60. The normalized spacial score (nSPS) is 11.4. The molecule has 7 heteroatoms. The van der Waals surface area contributed by atoms with Crippen LogP contribution in [0.5, 0.6) is 0 Å². The van der Waals surface area contributed by atoms with Crippen molar-refractivity contribution in [2.24, 2.45) is 0 Å². The number of amides is 1. The summed E-state index contributed by atoms with van der Waals surface area (Å²) in [7, 11) is -3.17. The zero-order valence-electron chi connectivity index (χ0n) is 9.60. The first-order valence-corrected chi connectivity index (χ1v) is 7.83. The average molecular weight is 276 g/mol. The van der Waals surface area contributed by atoms with Gasteiger partial charge in [-0.1, -0.05) is 6.07 Å². The Labute approximate surface area is 105 Å². The molecule has 1 amide bonds. The smallest absolute Gasteiger partial charge is 0.225 e. The van der Waals surface area contributed by atoms with Gasteiger partial charge < -0.3 is 5.32 Å². The summed E-state index contributed by atoms with van der Waals surface area (Å²) in [5.41, 5.74) is 0. The van der Waals surface area contributed by atoms with E-state index in [0.29, 0.717) is 13.0 Å². The summed E-state index contributed by atoms with van der Waals surface area (Å²) >= 11 is 1.53. The highest BCUT2D eigenvalue weighted by molar-refractivity contribution is 7.89. The Hall–Kier alpha value is -0.920. The van der Waals surface area contributed by atoms with Gasteiger partial charge >= 0.3 is 0 Å². The third-order valence-corrected chi connectivity index (χ3v) is 4.34. The number of rotatable bonds is 7. The van der Waals surface area contributed by atoms with E-state index >= 15 is 0 Å². The summed E-state index contributed by atoms with van der Waals surface area (Å²) in [5.74, 6) is -0.0426. The molecule has 0 aliphatic rings. The van der Waals surface area contributed by atoms with Gasteiger partial charge in [-0.3, -0.25) is 4.79 Å². The van der Waals surface area contributed by atoms with Crippen LogP contribution in [0.4, 0.5) is 0 Å². The van der Waals surface area contributed by atoms with E-state index in [1.165, 1.54) is 11.3 Å². The Morgan fingerprint density at radius 3 is 2.76 bits per heavy atom. The molecule has 0 aliphatic heterocycles. The molecule has 0 aromatic carbocycles. The summed E-state index contributed by atoms with van der Waals surface area (Å²) in [4.78, 5) is 12.4. The van der Waals surface area contributed by atoms with Gasteiger partial charge in [0.15, 0.2) is 0 Å². The first-order chi connectivity index (χ1) is 8.03. The molecular formula is C10H16N2O3S2. The Bertz CT molecular complexity index is 440. The molecule has 0 bridgehead atoms. The van der Waals surface area contributed by atoms with E-state index in [1.807, 2.05) is 17.5 Å². The Balaban J connectivity index is 2.17. The van der Waals surface area contributed by atoms with Crippen molar-refractivity contribution in [1.29, 1.82) is 0 Å². The van der Waals surface area contributed by atoms with Crippen LogP contribution >= 0.6 is 11.3 Å². The van der Waals surface area contributed by atoms with Gasteiger partial charge in [-0.2, -0.15) is 0 Å². The van der Waals surface area contributed by atoms with Crippen LogP contribution in [0.1, 0.15) is 11.8 Å². The summed E-state index contributed by atoms with van der Waals surface area (Å²) in [6, 6.07) is 3.78. The highest BCUT2D eigenvalue weighted by atomic mass is 32.2. The highest BCUT2D eigenvalue weighted by Gasteiger charge is 2.06. The van der Waals surface area contributed by atoms with Crippen LogP contribution in [0.2, 0.25) is 0 Å². The number of hydrogen-bond acceptors (Lipinski definition) is 4. The third kappa shape index (κ3) is 5.81. The molecule has 0 unspecified atom stereocenters.